The van der Waals surface area contributed by atoms with Gasteiger partial charge in [0.15, 0.2) is 0 Å². The molecule has 1 saturated heterocycles. The second-order valence-electron chi connectivity index (χ2n) is 4.15. The van der Waals surface area contributed by atoms with Crippen molar-refractivity contribution in [1.82, 2.24) is 5.32 Å². The summed E-state index contributed by atoms with van der Waals surface area (Å²) in [4.78, 5) is 10.8. The van der Waals surface area contributed by atoms with Crippen molar-refractivity contribution in [2.24, 2.45) is 0 Å². The van der Waals surface area contributed by atoms with Gasteiger partial charge >= 0.3 is 0 Å². The third kappa shape index (κ3) is 3.22. The molecule has 0 saturated carbocycles. The molecular formula is C9H17NO2. The summed E-state index contributed by atoms with van der Waals surface area (Å²) >= 11 is 0. The van der Waals surface area contributed by atoms with Crippen LogP contribution in [0.5, 0.6) is 0 Å². The summed E-state index contributed by atoms with van der Waals surface area (Å²) in [7, 11) is 0. The fourth-order valence-electron chi connectivity index (χ4n) is 1.42. The zero-order chi connectivity index (χ0) is 9.19. The third-order valence-electron chi connectivity index (χ3n) is 2.19. The second-order valence-corrected chi connectivity index (χ2v) is 4.15. The van der Waals surface area contributed by atoms with Gasteiger partial charge in [-0.1, -0.05) is 0 Å². The summed E-state index contributed by atoms with van der Waals surface area (Å²) in [5.74, 6) is 0.149. The smallest absolute Gasteiger partial charge is 0.220 e. The van der Waals surface area contributed by atoms with Crippen LogP contribution < -0.4 is 5.32 Å². The van der Waals surface area contributed by atoms with Crippen LogP contribution in [0.15, 0.2) is 0 Å². The number of hydrogen-bond donors (Lipinski definition) is 2. The van der Waals surface area contributed by atoms with E-state index in [2.05, 4.69) is 5.32 Å². The molecule has 2 N–H and O–H groups in total. The standard InChI is InChI=1S/C9H17NO2/c1-9(2,12)6-5-7-3-4-8(11)10-7/h7,12H,3-6H2,1-2H3,(H,10,11). The topological polar surface area (TPSA) is 49.3 Å². The number of hydrogen-bond acceptors (Lipinski definition) is 2. The quantitative estimate of drug-likeness (QED) is 0.660. The molecule has 1 aliphatic rings. The van der Waals surface area contributed by atoms with Gasteiger partial charge in [-0.3, -0.25) is 4.79 Å². The average Bonchev–Trinajstić information content (AvgIpc) is 2.30. The van der Waals surface area contributed by atoms with Crippen LogP contribution in [0.25, 0.3) is 0 Å². The number of rotatable bonds is 3. The summed E-state index contributed by atoms with van der Waals surface area (Å²) in [5.41, 5.74) is -0.604. The molecule has 0 aromatic rings. The van der Waals surface area contributed by atoms with Gasteiger partial charge in [0.05, 0.1) is 5.60 Å². The van der Waals surface area contributed by atoms with Crippen LogP contribution in [0.4, 0.5) is 0 Å². The molecule has 0 bridgehead atoms. The van der Waals surface area contributed by atoms with E-state index in [-0.39, 0.29) is 5.91 Å². The van der Waals surface area contributed by atoms with E-state index in [0.29, 0.717) is 12.5 Å². The average molecular weight is 171 g/mol. The van der Waals surface area contributed by atoms with Crippen LogP contribution in [0.2, 0.25) is 0 Å². The molecule has 70 valence electrons. The Labute approximate surface area is 73.2 Å². The Bertz CT molecular complexity index is 172. The molecule has 1 atom stereocenters. The highest BCUT2D eigenvalue weighted by Gasteiger charge is 2.22. The molecule has 3 nitrogen and oxygen atoms in total. The van der Waals surface area contributed by atoms with E-state index < -0.39 is 5.60 Å². The van der Waals surface area contributed by atoms with Gasteiger partial charge in [0, 0.05) is 12.5 Å². The van der Waals surface area contributed by atoms with Crippen LogP contribution in [-0.4, -0.2) is 22.7 Å². The summed E-state index contributed by atoms with van der Waals surface area (Å²) < 4.78 is 0. The molecule has 0 aromatic heterocycles. The highest BCUT2D eigenvalue weighted by molar-refractivity contribution is 5.78. The van der Waals surface area contributed by atoms with E-state index in [4.69, 9.17) is 0 Å². The molecule has 3 heteroatoms. The highest BCUT2D eigenvalue weighted by Crippen LogP contribution is 2.17. The lowest BCUT2D eigenvalue weighted by molar-refractivity contribution is -0.119. The van der Waals surface area contributed by atoms with Crippen molar-refractivity contribution in [3.8, 4) is 0 Å². The van der Waals surface area contributed by atoms with E-state index in [1.54, 1.807) is 13.8 Å². The van der Waals surface area contributed by atoms with Crippen LogP contribution in [0.3, 0.4) is 0 Å². The van der Waals surface area contributed by atoms with E-state index in [1.807, 2.05) is 0 Å². The van der Waals surface area contributed by atoms with Crippen LogP contribution >= 0.6 is 0 Å². The van der Waals surface area contributed by atoms with E-state index in [0.717, 1.165) is 19.3 Å². The maximum Gasteiger partial charge on any atom is 0.220 e. The van der Waals surface area contributed by atoms with E-state index in [9.17, 15) is 9.90 Å². The third-order valence-corrected chi connectivity index (χ3v) is 2.19. The van der Waals surface area contributed by atoms with Gasteiger partial charge < -0.3 is 10.4 Å². The van der Waals surface area contributed by atoms with E-state index >= 15 is 0 Å². The highest BCUT2D eigenvalue weighted by atomic mass is 16.3. The number of aliphatic hydroxyl groups is 1. The Balaban J connectivity index is 2.20. The second kappa shape index (κ2) is 3.44. The van der Waals surface area contributed by atoms with Crippen LogP contribution in [0.1, 0.15) is 39.5 Å². The van der Waals surface area contributed by atoms with Crippen LogP contribution in [-0.2, 0) is 4.79 Å². The fourth-order valence-corrected chi connectivity index (χ4v) is 1.42. The summed E-state index contributed by atoms with van der Waals surface area (Å²) in [6.45, 7) is 3.59. The molecule has 1 aliphatic heterocycles. The molecule has 0 spiro atoms. The lowest BCUT2D eigenvalue weighted by Crippen LogP contribution is -2.28. The Morgan fingerprint density at radius 1 is 1.67 bits per heavy atom. The molecule has 1 amide bonds. The molecule has 0 aliphatic carbocycles. The predicted molar refractivity (Wildman–Crippen MR) is 46.7 cm³/mol. The van der Waals surface area contributed by atoms with Crippen molar-refractivity contribution in [3.05, 3.63) is 0 Å². The molecule has 0 radical (unpaired) electrons. The lowest BCUT2D eigenvalue weighted by atomic mass is 9.99. The first kappa shape index (κ1) is 9.52. The molecule has 1 heterocycles. The molecule has 1 unspecified atom stereocenters. The summed E-state index contributed by atoms with van der Waals surface area (Å²) in [5, 5.41) is 12.3. The fraction of sp³-hybridized carbons (Fsp3) is 0.889. The largest absolute Gasteiger partial charge is 0.390 e. The van der Waals surface area contributed by atoms with Gasteiger partial charge in [-0.05, 0) is 33.1 Å². The zero-order valence-corrected chi connectivity index (χ0v) is 7.76. The molecular weight excluding hydrogens is 154 g/mol. The minimum Gasteiger partial charge on any atom is -0.390 e. The lowest BCUT2D eigenvalue weighted by Gasteiger charge is -2.19. The monoisotopic (exact) mass is 171 g/mol. The van der Waals surface area contributed by atoms with Gasteiger partial charge in [-0.25, -0.2) is 0 Å². The SMILES string of the molecule is CC(C)(O)CCC1CCC(=O)N1. The van der Waals surface area contributed by atoms with Gasteiger partial charge in [0.2, 0.25) is 5.91 Å². The normalized spacial score (nSPS) is 24.2. The van der Waals surface area contributed by atoms with Gasteiger partial charge in [-0.2, -0.15) is 0 Å². The molecule has 0 aromatic carbocycles. The van der Waals surface area contributed by atoms with Crippen LogP contribution in [0, 0.1) is 0 Å². The Hall–Kier alpha value is -0.570. The number of carbonyl (C=O) groups is 1. The van der Waals surface area contributed by atoms with Crippen molar-refractivity contribution in [3.63, 3.8) is 0 Å². The summed E-state index contributed by atoms with van der Waals surface area (Å²) in [6, 6.07) is 0.295. The van der Waals surface area contributed by atoms with Crippen molar-refractivity contribution < 1.29 is 9.90 Å². The number of amides is 1. The first-order valence-electron chi connectivity index (χ1n) is 4.49. The Morgan fingerprint density at radius 3 is 2.75 bits per heavy atom. The maximum atomic E-state index is 10.8. The predicted octanol–water partition coefficient (Wildman–Crippen LogP) is 0.816. The maximum absolute atomic E-state index is 10.8. The van der Waals surface area contributed by atoms with Gasteiger partial charge in [0.1, 0.15) is 0 Å². The van der Waals surface area contributed by atoms with Crippen molar-refractivity contribution in [2.45, 2.75) is 51.2 Å². The first-order valence-corrected chi connectivity index (χ1v) is 4.49. The number of nitrogens with one attached hydrogen (secondary N) is 1. The minimum absolute atomic E-state index is 0.149. The molecule has 12 heavy (non-hydrogen) atoms. The van der Waals surface area contributed by atoms with Gasteiger partial charge in [-0.15, -0.1) is 0 Å². The molecule has 1 fully saturated rings. The van der Waals surface area contributed by atoms with Crippen molar-refractivity contribution in [1.29, 1.82) is 0 Å². The number of carbonyl (C=O) groups excluding carboxylic acids is 1. The van der Waals surface area contributed by atoms with Crippen molar-refractivity contribution >= 4 is 5.91 Å². The Morgan fingerprint density at radius 2 is 2.33 bits per heavy atom. The minimum atomic E-state index is -0.604. The van der Waals surface area contributed by atoms with Gasteiger partial charge in [0.25, 0.3) is 0 Å². The summed E-state index contributed by atoms with van der Waals surface area (Å²) in [6.07, 6.45) is 3.21. The zero-order valence-electron chi connectivity index (χ0n) is 7.76. The van der Waals surface area contributed by atoms with Crippen molar-refractivity contribution in [2.75, 3.05) is 0 Å². The first-order chi connectivity index (χ1) is 5.47. The molecule has 1 rings (SSSR count). The van der Waals surface area contributed by atoms with E-state index in [1.165, 1.54) is 0 Å². The Kier molecular flexibility index (Phi) is 2.73.